The van der Waals surface area contributed by atoms with E-state index in [4.69, 9.17) is 4.42 Å². The van der Waals surface area contributed by atoms with E-state index in [-0.39, 0.29) is 22.9 Å². The van der Waals surface area contributed by atoms with E-state index < -0.39 is 5.91 Å². The first-order valence-corrected chi connectivity index (χ1v) is 11.9. The molecule has 3 aromatic heterocycles. The number of furan rings is 1. The molecule has 8 nitrogen and oxygen atoms in total. The number of para-hydroxylation sites is 1. The molecule has 2 aromatic carbocycles. The summed E-state index contributed by atoms with van der Waals surface area (Å²) in [7, 11) is 0. The van der Waals surface area contributed by atoms with Gasteiger partial charge in [-0.05, 0) is 48.5 Å². The van der Waals surface area contributed by atoms with E-state index in [1.54, 1.807) is 41.2 Å². The average molecular weight is 494 g/mol. The molecule has 0 saturated carbocycles. The molecule has 0 aliphatic carbocycles. The molecule has 0 saturated heterocycles. The standard InChI is InChI=1S/C23H16FN5O3S2/c24-14-7-9-15(10-8-14)25-20(30)21-28-27-19(34-21)13-33-23-26-18-6-2-1-5-17(18)22(31)29(23)12-16-4-3-11-32-16/h1-11H,12-13H2,(H,25,30). The molecule has 0 aliphatic heterocycles. The Hall–Kier alpha value is -3.83. The van der Waals surface area contributed by atoms with Gasteiger partial charge in [-0.2, -0.15) is 0 Å². The number of nitrogens with one attached hydrogen (secondary N) is 1. The lowest BCUT2D eigenvalue weighted by molar-refractivity contribution is 0.102. The number of rotatable bonds is 7. The number of amides is 1. The maximum absolute atomic E-state index is 13.1. The molecule has 5 rings (SSSR count). The van der Waals surface area contributed by atoms with E-state index in [0.29, 0.717) is 38.3 Å². The molecule has 0 atom stereocenters. The lowest BCUT2D eigenvalue weighted by Gasteiger charge is -2.11. The van der Waals surface area contributed by atoms with E-state index in [0.717, 1.165) is 11.3 Å². The summed E-state index contributed by atoms with van der Waals surface area (Å²) in [6, 6.07) is 16.2. The molecule has 3 heterocycles. The van der Waals surface area contributed by atoms with Crippen LogP contribution in [-0.2, 0) is 12.3 Å². The minimum absolute atomic E-state index is 0.166. The smallest absolute Gasteiger partial charge is 0.286 e. The molecule has 0 aliphatic rings. The zero-order chi connectivity index (χ0) is 23.5. The van der Waals surface area contributed by atoms with E-state index >= 15 is 0 Å². The largest absolute Gasteiger partial charge is 0.467 e. The van der Waals surface area contributed by atoms with Crippen molar-refractivity contribution in [3.8, 4) is 0 Å². The first-order chi connectivity index (χ1) is 16.6. The zero-order valence-electron chi connectivity index (χ0n) is 17.5. The molecule has 1 N–H and O–H groups in total. The van der Waals surface area contributed by atoms with Crippen LogP contribution in [0.15, 0.2) is 81.3 Å². The predicted octanol–water partition coefficient (Wildman–Crippen LogP) is 4.57. The van der Waals surface area contributed by atoms with Gasteiger partial charge >= 0.3 is 0 Å². The van der Waals surface area contributed by atoms with Crippen LogP contribution in [0.4, 0.5) is 10.1 Å². The Morgan fingerprint density at radius 3 is 2.71 bits per heavy atom. The van der Waals surface area contributed by atoms with Gasteiger partial charge in [-0.15, -0.1) is 10.2 Å². The van der Waals surface area contributed by atoms with Crippen molar-refractivity contribution in [1.82, 2.24) is 19.7 Å². The van der Waals surface area contributed by atoms with Crippen LogP contribution >= 0.6 is 23.1 Å². The highest BCUT2D eigenvalue weighted by Gasteiger charge is 2.16. The number of carbonyl (C=O) groups excluding carboxylic acids is 1. The van der Waals surface area contributed by atoms with Gasteiger partial charge in [0.25, 0.3) is 11.5 Å². The van der Waals surface area contributed by atoms with E-state index in [1.165, 1.54) is 36.0 Å². The molecule has 11 heteroatoms. The van der Waals surface area contributed by atoms with Crippen molar-refractivity contribution < 1.29 is 13.6 Å². The molecule has 0 bridgehead atoms. The van der Waals surface area contributed by atoms with Gasteiger partial charge < -0.3 is 9.73 Å². The summed E-state index contributed by atoms with van der Waals surface area (Å²) < 4.78 is 20.0. The Balaban J connectivity index is 1.36. The number of hydrogen-bond acceptors (Lipinski definition) is 8. The van der Waals surface area contributed by atoms with Crippen LogP contribution in [0, 0.1) is 5.82 Å². The molecule has 5 aromatic rings. The molecule has 1 amide bonds. The van der Waals surface area contributed by atoms with E-state index in [1.807, 2.05) is 6.07 Å². The first-order valence-electron chi connectivity index (χ1n) is 10.1. The van der Waals surface area contributed by atoms with Gasteiger partial charge in [0.05, 0.1) is 29.5 Å². The first kappa shape index (κ1) is 22.0. The molecule has 0 unspecified atom stereocenters. The van der Waals surface area contributed by atoms with Crippen molar-refractivity contribution in [2.75, 3.05) is 5.32 Å². The Bertz CT molecular complexity index is 1510. The molecule has 34 heavy (non-hydrogen) atoms. The molecule has 0 fully saturated rings. The van der Waals surface area contributed by atoms with E-state index in [2.05, 4.69) is 20.5 Å². The van der Waals surface area contributed by atoms with Crippen molar-refractivity contribution >= 4 is 45.6 Å². The van der Waals surface area contributed by atoms with Gasteiger partial charge in [-0.1, -0.05) is 35.2 Å². The van der Waals surface area contributed by atoms with Crippen LogP contribution < -0.4 is 10.9 Å². The van der Waals surface area contributed by atoms with Crippen molar-refractivity contribution in [2.24, 2.45) is 0 Å². The monoisotopic (exact) mass is 493 g/mol. The highest BCUT2D eigenvalue weighted by molar-refractivity contribution is 7.98. The van der Waals surface area contributed by atoms with Crippen LogP contribution in [0.25, 0.3) is 10.9 Å². The summed E-state index contributed by atoms with van der Waals surface area (Å²) in [5.74, 6) is 0.182. The summed E-state index contributed by atoms with van der Waals surface area (Å²) in [4.78, 5) is 30.2. The molecule has 170 valence electrons. The van der Waals surface area contributed by atoms with E-state index in [9.17, 15) is 14.0 Å². The summed E-state index contributed by atoms with van der Waals surface area (Å²) in [5, 5.41) is 12.5. The third-order valence-electron chi connectivity index (χ3n) is 4.81. The van der Waals surface area contributed by atoms with Gasteiger partial charge in [-0.25, -0.2) is 9.37 Å². The Kier molecular flexibility index (Phi) is 6.19. The van der Waals surface area contributed by atoms with Gasteiger partial charge in [0.15, 0.2) is 5.16 Å². The molecular weight excluding hydrogens is 477 g/mol. The number of anilines is 1. The van der Waals surface area contributed by atoms with Crippen LogP contribution in [0.3, 0.4) is 0 Å². The lowest BCUT2D eigenvalue weighted by atomic mass is 10.2. The second-order valence-corrected chi connectivity index (χ2v) is 9.14. The number of carbonyl (C=O) groups is 1. The Morgan fingerprint density at radius 1 is 1.09 bits per heavy atom. The third kappa shape index (κ3) is 4.75. The number of hydrogen-bond donors (Lipinski definition) is 1. The number of nitrogens with zero attached hydrogens (tertiary/aromatic N) is 4. The Morgan fingerprint density at radius 2 is 1.91 bits per heavy atom. The minimum atomic E-state index is -0.432. The lowest BCUT2D eigenvalue weighted by Crippen LogP contribution is -2.23. The fraction of sp³-hybridized carbons (Fsp3) is 0.0870. The zero-order valence-corrected chi connectivity index (χ0v) is 19.1. The number of benzene rings is 2. The van der Waals surface area contributed by atoms with Gasteiger partial charge in [0.1, 0.15) is 16.6 Å². The molecular formula is C23H16FN5O3S2. The second-order valence-electron chi connectivity index (χ2n) is 7.13. The van der Waals surface area contributed by atoms with Crippen molar-refractivity contribution in [3.05, 3.63) is 98.9 Å². The highest BCUT2D eigenvalue weighted by Crippen LogP contribution is 2.25. The molecule has 0 spiro atoms. The van der Waals surface area contributed by atoms with Crippen LogP contribution in [0.2, 0.25) is 0 Å². The molecule has 0 radical (unpaired) electrons. The maximum Gasteiger partial charge on any atom is 0.286 e. The minimum Gasteiger partial charge on any atom is -0.467 e. The van der Waals surface area contributed by atoms with Crippen molar-refractivity contribution in [1.29, 1.82) is 0 Å². The average Bonchev–Trinajstić information content (AvgIpc) is 3.54. The number of fused-ring (bicyclic) bond motifs is 1. The summed E-state index contributed by atoms with van der Waals surface area (Å²) in [6.07, 6.45) is 1.56. The van der Waals surface area contributed by atoms with Crippen LogP contribution in [-0.4, -0.2) is 25.7 Å². The SMILES string of the molecule is O=C(Nc1ccc(F)cc1)c1nnc(CSc2nc3ccccc3c(=O)n2Cc2ccco2)s1. The fourth-order valence-corrected chi connectivity index (χ4v) is 4.92. The summed E-state index contributed by atoms with van der Waals surface area (Å²) in [5.41, 5.74) is 0.892. The number of halogens is 1. The normalized spacial score (nSPS) is 11.1. The van der Waals surface area contributed by atoms with Gasteiger partial charge in [-0.3, -0.25) is 14.2 Å². The number of thioether (sulfide) groups is 1. The second kappa shape index (κ2) is 9.57. The summed E-state index contributed by atoms with van der Waals surface area (Å²) in [6.45, 7) is 0.243. The van der Waals surface area contributed by atoms with Crippen molar-refractivity contribution in [3.63, 3.8) is 0 Å². The third-order valence-corrected chi connectivity index (χ3v) is 6.90. The highest BCUT2D eigenvalue weighted by atomic mass is 32.2. The fourth-order valence-electron chi connectivity index (χ4n) is 3.20. The topological polar surface area (TPSA) is 103 Å². The maximum atomic E-state index is 13.1. The number of aromatic nitrogens is 4. The Labute approximate surface area is 200 Å². The van der Waals surface area contributed by atoms with Crippen LogP contribution in [0.5, 0.6) is 0 Å². The quantitative estimate of drug-likeness (QED) is 0.262. The van der Waals surface area contributed by atoms with Crippen molar-refractivity contribution in [2.45, 2.75) is 17.5 Å². The van der Waals surface area contributed by atoms with Gasteiger partial charge in [0, 0.05) is 5.69 Å². The van der Waals surface area contributed by atoms with Crippen LogP contribution in [0.1, 0.15) is 20.6 Å². The van der Waals surface area contributed by atoms with Gasteiger partial charge in [0.2, 0.25) is 5.01 Å². The summed E-state index contributed by atoms with van der Waals surface area (Å²) >= 11 is 2.47. The predicted molar refractivity (Wildman–Crippen MR) is 128 cm³/mol.